The second-order valence-corrected chi connectivity index (χ2v) is 7.55. The zero-order valence-electron chi connectivity index (χ0n) is 16.6. The van der Waals surface area contributed by atoms with Crippen LogP contribution in [0.5, 0.6) is 0 Å². The molecule has 1 unspecified atom stereocenters. The fourth-order valence-corrected chi connectivity index (χ4v) is 3.62. The quantitative estimate of drug-likeness (QED) is 0.266. The maximum absolute atomic E-state index is 6.12. The Balaban J connectivity index is 0.00000280. The number of pyridine rings is 1. The van der Waals surface area contributed by atoms with Crippen LogP contribution in [0.2, 0.25) is 5.15 Å². The van der Waals surface area contributed by atoms with Crippen LogP contribution in [0.15, 0.2) is 23.3 Å². The molecule has 8 heteroatoms. The number of piperidine rings is 1. The van der Waals surface area contributed by atoms with Gasteiger partial charge >= 0.3 is 0 Å². The first kappa shape index (κ1) is 23.6. The van der Waals surface area contributed by atoms with Crippen LogP contribution in [-0.4, -0.2) is 60.9 Å². The standard InChI is InChI=1S/C20H31ClN4O2.HI/c1-2-22-20(24-14-16-6-7-19(21)23-13-16)25-10-8-17(9-11-25)27-15-18-5-3-4-12-26-18;/h6-7,13,17-18H,2-5,8-12,14-15H2,1H3,(H,22,24);1H. The highest BCUT2D eigenvalue weighted by Gasteiger charge is 2.23. The molecular formula is C20H32ClIN4O2. The average Bonchev–Trinajstić information content (AvgIpc) is 2.72. The van der Waals surface area contributed by atoms with Gasteiger partial charge in [-0.3, -0.25) is 0 Å². The van der Waals surface area contributed by atoms with Crippen molar-refractivity contribution in [2.45, 2.75) is 57.8 Å². The molecule has 1 aromatic heterocycles. The lowest BCUT2D eigenvalue weighted by Gasteiger charge is -2.35. The first-order valence-corrected chi connectivity index (χ1v) is 10.5. The number of guanidine groups is 1. The van der Waals surface area contributed by atoms with E-state index >= 15 is 0 Å². The molecule has 0 aromatic carbocycles. The lowest BCUT2D eigenvalue weighted by molar-refractivity contribution is -0.0721. The Morgan fingerprint density at radius 1 is 1.32 bits per heavy atom. The third kappa shape index (κ3) is 7.65. The molecule has 1 atom stereocenters. The number of nitrogens with zero attached hydrogens (tertiary/aromatic N) is 3. The smallest absolute Gasteiger partial charge is 0.194 e. The van der Waals surface area contributed by atoms with Crippen molar-refractivity contribution in [1.82, 2.24) is 15.2 Å². The molecule has 3 rings (SSSR count). The molecule has 2 aliphatic rings. The molecule has 0 aliphatic carbocycles. The van der Waals surface area contributed by atoms with Gasteiger partial charge in [0.2, 0.25) is 0 Å². The summed E-state index contributed by atoms with van der Waals surface area (Å²) in [6, 6.07) is 3.77. The normalized spacial score (nSPS) is 21.3. The Kier molecular flexibility index (Phi) is 10.8. The highest BCUT2D eigenvalue weighted by Crippen LogP contribution is 2.18. The van der Waals surface area contributed by atoms with E-state index in [1.807, 2.05) is 6.07 Å². The van der Waals surface area contributed by atoms with Crippen molar-refractivity contribution >= 4 is 41.5 Å². The summed E-state index contributed by atoms with van der Waals surface area (Å²) < 4.78 is 11.9. The van der Waals surface area contributed by atoms with Gasteiger partial charge in [-0.2, -0.15) is 0 Å². The molecule has 2 fully saturated rings. The first-order valence-electron chi connectivity index (χ1n) is 10.1. The van der Waals surface area contributed by atoms with Crippen LogP contribution in [0.1, 0.15) is 44.6 Å². The van der Waals surface area contributed by atoms with E-state index in [1.165, 1.54) is 12.8 Å². The van der Waals surface area contributed by atoms with Gasteiger partial charge in [-0.25, -0.2) is 9.98 Å². The molecule has 0 saturated carbocycles. The monoisotopic (exact) mass is 522 g/mol. The molecule has 0 radical (unpaired) electrons. The zero-order valence-corrected chi connectivity index (χ0v) is 19.7. The summed E-state index contributed by atoms with van der Waals surface area (Å²) in [4.78, 5) is 11.2. The summed E-state index contributed by atoms with van der Waals surface area (Å²) >= 11 is 5.85. The number of aromatic nitrogens is 1. The topological polar surface area (TPSA) is 59.0 Å². The molecule has 2 aliphatic heterocycles. The van der Waals surface area contributed by atoms with Crippen molar-refractivity contribution in [2.24, 2.45) is 4.99 Å². The number of rotatable bonds is 6. The highest BCUT2D eigenvalue weighted by molar-refractivity contribution is 14.0. The van der Waals surface area contributed by atoms with Crippen molar-refractivity contribution in [2.75, 3.05) is 32.8 Å². The maximum Gasteiger partial charge on any atom is 0.194 e. The molecular weight excluding hydrogens is 491 g/mol. The van der Waals surface area contributed by atoms with E-state index in [-0.39, 0.29) is 24.0 Å². The van der Waals surface area contributed by atoms with Crippen LogP contribution in [0, 0.1) is 0 Å². The summed E-state index contributed by atoms with van der Waals surface area (Å²) in [5.41, 5.74) is 1.06. The van der Waals surface area contributed by atoms with Crippen LogP contribution < -0.4 is 5.32 Å². The van der Waals surface area contributed by atoms with E-state index in [0.29, 0.717) is 23.9 Å². The number of nitrogens with one attached hydrogen (secondary N) is 1. The summed E-state index contributed by atoms with van der Waals surface area (Å²) in [5.74, 6) is 0.960. The molecule has 1 N–H and O–H groups in total. The molecule has 0 bridgehead atoms. The van der Waals surface area contributed by atoms with Crippen molar-refractivity contribution in [3.63, 3.8) is 0 Å². The Morgan fingerprint density at radius 2 is 2.14 bits per heavy atom. The SMILES string of the molecule is CCNC(=NCc1ccc(Cl)nc1)N1CCC(OCC2CCCCO2)CC1.I. The number of halogens is 2. The molecule has 3 heterocycles. The molecule has 0 amide bonds. The van der Waals surface area contributed by atoms with E-state index in [2.05, 4.69) is 22.1 Å². The van der Waals surface area contributed by atoms with Gasteiger partial charge in [0, 0.05) is 32.4 Å². The number of ether oxygens (including phenoxy) is 2. The van der Waals surface area contributed by atoms with Gasteiger partial charge < -0.3 is 19.7 Å². The molecule has 158 valence electrons. The highest BCUT2D eigenvalue weighted by atomic mass is 127. The summed E-state index contributed by atoms with van der Waals surface area (Å²) in [6.45, 7) is 7.09. The lowest BCUT2D eigenvalue weighted by atomic mass is 10.1. The fraction of sp³-hybridized carbons (Fsp3) is 0.700. The van der Waals surface area contributed by atoms with E-state index in [4.69, 9.17) is 26.1 Å². The van der Waals surface area contributed by atoms with E-state index in [0.717, 1.165) is 63.6 Å². The Morgan fingerprint density at radius 3 is 2.79 bits per heavy atom. The van der Waals surface area contributed by atoms with Crippen LogP contribution in [-0.2, 0) is 16.0 Å². The second-order valence-electron chi connectivity index (χ2n) is 7.17. The van der Waals surface area contributed by atoms with Gasteiger partial charge in [0.1, 0.15) is 5.15 Å². The van der Waals surface area contributed by atoms with Gasteiger partial charge in [0.25, 0.3) is 0 Å². The van der Waals surface area contributed by atoms with Crippen molar-refractivity contribution < 1.29 is 9.47 Å². The Bertz CT molecular complexity index is 588. The third-order valence-electron chi connectivity index (χ3n) is 5.07. The van der Waals surface area contributed by atoms with E-state index in [1.54, 1.807) is 12.3 Å². The summed E-state index contributed by atoms with van der Waals surface area (Å²) in [7, 11) is 0. The van der Waals surface area contributed by atoms with Crippen molar-refractivity contribution in [1.29, 1.82) is 0 Å². The Hall–Kier alpha value is -0.640. The number of hydrogen-bond acceptors (Lipinski definition) is 4. The molecule has 0 spiro atoms. The van der Waals surface area contributed by atoms with Crippen LogP contribution in [0.4, 0.5) is 0 Å². The molecule has 6 nitrogen and oxygen atoms in total. The van der Waals surface area contributed by atoms with E-state index < -0.39 is 0 Å². The van der Waals surface area contributed by atoms with Gasteiger partial charge in [-0.1, -0.05) is 17.7 Å². The molecule has 1 aromatic rings. The molecule has 2 saturated heterocycles. The second kappa shape index (κ2) is 12.8. The lowest BCUT2D eigenvalue weighted by Crippen LogP contribution is -2.47. The summed E-state index contributed by atoms with van der Waals surface area (Å²) in [6.07, 6.45) is 8.04. The first-order chi connectivity index (χ1) is 13.2. The predicted octanol–water partition coefficient (Wildman–Crippen LogP) is 3.87. The third-order valence-corrected chi connectivity index (χ3v) is 5.29. The maximum atomic E-state index is 6.12. The van der Waals surface area contributed by atoms with Crippen LogP contribution >= 0.6 is 35.6 Å². The van der Waals surface area contributed by atoms with Crippen LogP contribution in [0.3, 0.4) is 0 Å². The Labute approximate surface area is 190 Å². The number of hydrogen-bond donors (Lipinski definition) is 1. The van der Waals surface area contributed by atoms with Crippen molar-refractivity contribution in [3.8, 4) is 0 Å². The minimum atomic E-state index is 0. The predicted molar refractivity (Wildman–Crippen MR) is 124 cm³/mol. The number of likely N-dealkylation sites (tertiary alicyclic amines) is 1. The van der Waals surface area contributed by atoms with Gasteiger partial charge in [-0.15, -0.1) is 24.0 Å². The van der Waals surface area contributed by atoms with Gasteiger partial charge in [0.15, 0.2) is 5.96 Å². The average molecular weight is 523 g/mol. The van der Waals surface area contributed by atoms with Gasteiger partial charge in [0.05, 0.1) is 25.4 Å². The van der Waals surface area contributed by atoms with Crippen molar-refractivity contribution in [3.05, 3.63) is 29.0 Å². The van der Waals surface area contributed by atoms with Crippen LogP contribution in [0.25, 0.3) is 0 Å². The zero-order chi connectivity index (χ0) is 18.9. The largest absolute Gasteiger partial charge is 0.376 e. The van der Waals surface area contributed by atoms with E-state index in [9.17, 15) is 0 Å². The molecule has 28 heavy (non-hydrogen) atoms. The summed E-state index contributed by atoms with van der Waals surface area (Å²) in [5, 5.41) is 3.91. The fourth-order valence-electron chi connectivity index (χ4n) is 3.51. The van der Waals surface area contributed by atoms with Gasteiger partial charge in [-0.05, 0) is 50.7 Å². The minimum Gasteiger partial charge on any atom is -0.376 e. The minimum absolute atomic E-state index is 0. The number of aliphatic imine (C=N–C) groups is 1.